The van der Waals surface area contributed by atoms with Gasteiger partial charge in [-0.25, -0.2) is 4.79 Å². The average Bonchev–Trinajstić information content (AvgIpc) is 2.99. The summed E-state index contributed by atoms with van der Waals surface area (Å²) in [6.07, 6.45) is -4.50. The van der Waals surface area contributed by atoms with Crippen LogP contribution in [0, 0.1) is 16.7 Å². The fraction of sp³-hybridized carbons (Fsp3) is 0.321. The predicted octanol–water partition coefficient (Wildman–Crippen LogP) is -0.400. The van der Waals surface area contributed by atoms with E-state index in [2.05, 4.69) is 21.3 Å². The second kappa shape index (κ2) is 18.2. The molecule has 2 aromatic carbocycles. The number of alkyl halides is 3. The molecule has 0 aromatic heterocycles. The highest BCUT2D eigenvalue weighted by Crippen LogP contribution is 2.17. The maximum absolute atomic E-state index is 13.4. The first kappa shape index (κ1) is 38.3. The normalized spacial score (nSPS) is 12.5. The zero-order chi connectivity index (χ0) is 35.0. The van der Waals surface area contributed by atoms with Crippen LogP contribution in [0.25, 0.3) is 0 Å². The Bertz CT molecular complexity index is 1390. The Morgan fingerprint density at radius 2 is 1.43 bits per heavy atom. The fourth-order valence-electron chi connectivity index (χ4n) is 3.79. The summed E-state index contributed by atoms with van der Waals surface area (Å²) in [6, 6.07) is 12.7. The lowest BCUT2D eigenvalue weighted by Gasteiger charge is -2.24. The van der Waals surface area contributed by atoms with Crippen molar-refractivity contribution in [3.8, 4) is 0 Å². The monoisotopic (exact) mass is 651 g/mol. The van der Waals surface area contributed by atoms with Gasteiger partial charge in [0.1, 0.15) is 23.8 Å². The van der Waals surface area contributed by atoms with Crippen LogP contribution in [0.2, 0.25) is 0 Å². The van der Waals surface area contributed by atoms with Crippen LogP contribution in [0.5, 0.6) is 0 Å². The summed E-state index contributed by atoms with van der Waals surface area (Å²) >= 11 is 0. The number of aliphatic carboxylic acids is 1. The summed E-state index contributed by atoms with van der Waals surface area (Å²) < 4.78 is 31.7. The molecular formula is C28H36F3N9O6. The molecule has 2 rings (SSSR count). The van der Waals surface area contributed by atoms with Gasteiger partial charge in [0.05, 0.1) is 0 Å². The third-order valence-corrected chi connectivity index (χ3v) is 6.15. The molecule has 250 valence electrons. The minimum absolute atomic E-state index is 0.0277. The van der Waals surface area contributed by atoms with Gasteiger partial charge in [0.25, 0.3) is 0 Å². The summed E-state index contributed by atoms with van der Waals surface area (Å²) in [5.41, 5.74) is 17.8. The zero-order valence-electron chi connectivity index (χ0n) is 24.6. The molecule has 15 nitrogen and oxygen atoms in total. The molecule has 1 unspecified atom stereocenters. The van der Waals surface area contributed by atoms with Crippen LogP contribution in [0.3, 0.4) is 0 Å². The molecule has 0 aliphatic carbocycles. The van der Waals surface area contributed by atoms with Crippen molar-refractivity contribution in [1.82, 2.24) is 21.3 Å². The summed E-state index contributed by atoms with van der Waals surface area (Å²) in [5, 5.41) is 32.2. The number of nitrogen functional groups attached to an aromatic ring is 1. The number of hydrogen-bond acceptors (Lipinski definition) is 7. The third-order valence-electron chi connectivity index (χ3n) is 6.15. The number of guanidine groups is 1. The van der Waals surface area contributed by atoms with Crippen molar-refractivity contribution in [2.75, 3.05) is 13.6 Å². The van der Waals surface area contributed by atoms with Crippen LogP contribution in [-0.2, 0) is 30.4 Å². The summed E-state index contributed by atoms with van der Waals surface area (Å²) in [7, 11) is 1.40. The number of halogens is 3. The molecule has 0 heterocycles. The smallest absolute Gasteiger partial charge is 0.475 e. The molecule has 2 aromatic rings. The number of primary amides is 1. The van der Waals surface area contributed by atoms with Gasteiger partial charge >= 0.3 is 12.1 Å². The Kier molecular flexibility index (Phi) is 15.2. The molecule has 0 radical (unpaired) electrons. The number of nitrogens with one attached hydrogen (secondary N) is 6. The van der Waals surface area contributed by atoms with Gasteiger partial charge in [0, 0.05) is 19.2 Å². The van der Waals surface area contributed by atoms with E-state index in [4.69, 9.17) is 37.9 Å². The molecule has 18 heteroatoms. The van der Waals surface area contributed by atoms with Crippen LogP contribution in [0.1, 0.15) is 35.6 Å². The molecule has 0 fully saturated rings. The highest BCUT2D eigenvalue weighted by molar-refractivity contribution is 6.02. The molecule has 46 heavy (non-hydrogen) atoms. The first-order valence-corrected chi connectivity index (χ1v) is 13.5. The number of carbonyl (C=O) groups excluding carboxylic acids is 4. The maximum atomic E-state index is 13.4. The molecular weight excluding hydrogens is 615 g/mol. The van der Waals surface area contributed by atoms with Crippen molar-refractivity contribution in [3.05, 3.63) is 71.3 Å². The van der Waals surface area contributed by atoms with Gasteiger partial charge in [0.15, 0.2) is 5.96 Å². The van der Waals surface area contributed by atoms with Gasteiger partial charge in [-0.3, -0.25) is 30.0 Å². The highest BCUT2D eigenvalue weighted by Gasteiger charge is 2.38. The molecule has 0 aliphatic rings. The quantitative estimate of drug-likeness (QED) is 0.0550. The largest absolute Gasteiger partial charge is 0.490 e. The lowest BCUT2D eigenvalue weighted by molar-refractivity contribution is -0.192. The molecule has 0 spiro atoms. The highest BCUT2D eigenvalue weighted by atomic mass is 19.4. The van der Waals surface area contributed by atoms with Crippen LogP contribution in [-0.4, -0.2) is 72.3 Å². The number of carboxylic acid groups (broad SMARTS) is 1. The number of amidine groups is 1. The fourth-order valence-corrected chi connectivity index (χ4v) is 3.79. The van der Waals surface area contributed by atoms with Crippen LogP contribution < -0.4 is 38.5 Å². The van der Waals surface area contributed by atoms with Gasteiger partial charge in [0.2, 0.25) is 23.6 Å². The average molecular weight is 652 g/mol. The van der Waals surface area contributed by atoms with Crippen molar-refractivity contribution in [2.45, 2.75) is 37.5 Å². The van der Waals surface area contributed by atoms with E-state index in [-0.39, 0.29) is 24.6 Å². The van der Waals surface area contributed by atoms with Crippen molar-refractivity contribution >= 4 is 41.4 Å². The second-order valence-corrected chi connectivity index (χ2v) is 9.58. The second-order valence-electron chi connectivity index (χ2n) is 9.58. The standard InChI is InChI=1S/C26H35N9O4.C2HF3O2/c1-32-23(37)18(14-15-9-11-17(12-10-15)21(27)28)24(38)35-20(16-6-3-2-4-7-16)25(39)34-19(22(29)36)8-5-13-33-26(30)31;3-2(4,5)1(6)7/h2-4,6-7,9-12,18-20H,5,8,13-14H2,1H3,(H3,27,28)(H2,29,36)(H,32,37)(H,34,39)(H,35,38)(H4,30,31,33);(H,6,7)/t18?,19-,20-;/m0./s1. The van der Waals surface area contributed by atoms with Crippen LogP contribution in [0.15, 0.2) is 54.6 Å². The minimum atomic E-state index is -5.08. The summed E-state index contributed by atoms with van der Waals surface area (Å²) in [5.74, 6) is -6.96. The number of carbonyl (C=O) groups is 5. The van der Waals surface area contributed by atoms with Crippen molar-refractivity contribution in [1.29, 1.82) is 10.8 Å². The van der Waals surface area contributed by atoms with E-state index in [0.29, 0.717) is 29.7 Å². The SMILES string of the molecule is CNC(=O)C(Cc1ccc(C(=N)N)cc1)C(=O)N[C@H](C(=O)N[C@@H](CCCNC(=N)N)C(N)=O)c1ccccc1.O=C(O)C(F)(F)F. The van der Waals surface area contributed by atoms with E-state index in [9.17, 15) is 32.3 Å². The Hall–Kier alpha value is -5.68. The molecule has 0 saturated heterocycles. The number of nitrogens with two attached hydrogens (primary N) is 3. The topological polar surface area (TPSA) is 279 Å². The number of benzene rings is 2. The predicted molar refractivity (Wildman–Crippen MR) is 160 cm³/mol. The number of amides is 4. The maximum Gasteiger partial charge on any atom is 0.490 e. The van der Waals surface area contributed by atoms with E-state index < -0.39 is 53.8 Å². The summed E-state index contributed by atoms with van der Waals surface area (Å²) in [6.45, 7) is 0.301. The molecule has 4 amide bonds. The lowest BCUT2D eigenvalue weighted by atomic mass is 9.95. The first-order valence-electron chi connectivity index (χ1n) is 13.5. The Morgan fingerprint density at radius 1 is 0.870 bits per heavy atom. The molecule has 3 atom stereocenters. The van der Waals surface area contributed by atoms with E-state index >= 15 is 0 Å². The van der Waals surface area contributed by atoms with E-state index in [1.807, 2.05) is 0 Å². The third kappa shape index (κ3) is 13.3. The lowest BCUT2D eigenvalue weighted by Crippen LogP contribution is -2.51. The van der Waals surface area contributed by atoms with Crippen molar-refractivity contribution in [2.24, 2.45) is 23.1 Å². The van der Waals surface area contributed by atoms with Gasteiger partial charge in [-0.1, -0.05) is 54.6 Å². The molecule has 0 saturated carbocycles. The number of hydrogen-bond donors (Lipinski definition) is 10. The minimum Gasteiger partial charge on any atom is -0.475 e. The Balaban J connectivity index is 0.00000135. The van der Waals surface area contributed by atoms with E-state index in [0.717, 1.165) is 0 Å². The van der Waals surface area contributed by atoms with Crippen molar-refractivity contribution < 1.29 is 42.3 Å². The van der Waals surface area contributed by atoms with Crippen molar-refractivity contribution in [3.63, 3.8) is 0 Å². The van der Waals surface area contributed by atoms with Gasteiger partial charge in [-0.05, 0) is 30.4 Å². The zero-order valence-corrected chi connectivity index (χ0v) is 24.6. The van der Waals surface area contributed by atoms with E-state index in [1.165, 1.54) is 7.05 Å². The number of carboxylic acids is 1. The number of rotatable bonds is 14. The summed E-state index contributed by atoms with van der Waals surface area (Å²) in [4.78, 5) is 60.3. The van der Waals surface area contributed by atoms with Gasteiger partial charge in [-0.2, -0.15) is 13.2 Å². The molecule has 0 aliphatic heterocycles. The first-order chi connectivity index (χ1) is 21.5. The van der Waals surface area contributed by atoms with E-state index in [1.54, 1.807) is 54.6 Å². The van der Waals surface area contributed by atoms with Gasteiger partial charge < -0.3 is 43.6 Å². The Morgan fingerprint density at radius 3 is 1.89 bits per heavy atom. The van der Waals surface area contributed by atoms with Gasteiger partial charge in [-0.15, -0.1) is 0 Å². The molecule has 0 bridgehead atoms. The van der Waals surface area contributed by atoms with Crippen LogP contribution in [0.4, 0.5) is 13.2 Å². The Labute approximate surface area is 261 Å². The van der Waals surface area contributed by atoms with Crippen LogP contribution >= 0.6 is 0 Å². The molecule has 13 N–H and O–H groups in total.